The third-order valence-electron chi connectivity index (χ3n) is 3.46. The van der Waals surface area contributed by atoms with Gasteiger partial charge in [-0.2, -0.15) is 0 Å². The Morgan fingerprint density at radius 1 is 0.722 bits per heavy atom. The van der Waals surface area contributed by atoms with E-state index in [9.17, 15) is 10.2 Å². The van der Waals surface area contributed by atoms with Crippen molar-refractivity contribution in [1.29, 1.82) is 0 Å². The van der Waals surface area contributed by atoms with E-state index in [4.69, 9.17) is 11.5 Å². The molecule has 0 saturated carbocycles. The molecule has 18 heavy (non-hydrogen) atoms. The molecule has 6 N–H and O–H groups in total. The highest BCUT2D eigenvalue weighted by molar-refractivity contribution is 5.68. The van der Waals surface area contributed by atoms with Crippen LogP contribution < -0.4 is 11.5 Å². The van der Waals surface area contributed by atoms with Gasteiger partial charge in [0.25, 0.3) is 0 Å². The van der Waals surface area contributed by atoms with Crippen molar-refractivity contribution in [2.24, 2.45) is 0 Å². The molecular formula is C14H14N2O2. The maximum Gasteiger partial charge on any atom is 0.105 e. The number of hydrogen-bond acceptors (Lipinski definition) is 4. The van der Waals surface area contributed by atoms with Gasteiger partial charge in [-0.1, -0.05) is 24.3 Å². The Morgan fingerprint density at radius 3 is 1.50 bits per heavy atom. The molecule has 1 aliphatic carbocycles. The molecule has 2 unspecified atom stereocenters. The van der Waals surface area contributed by atoms with Crippen molar-refractivity contribution < 1.29 is 10.2 Å². The first-order valence-corrected chi connectivity index (χ1v) is 5.73. The number of anilines is 2. The summed E-state index contributed by atoms with van der Waals surface area (Å²) in [6, 6.07) is 10.5. The molecule has 2 aromatic carbocycles. The van der Waals surface area contributed by atoms with Gasteiger partial charge in [-0.15, -0.1) is 0 Å². The number of hydrogen-bond donors (Lipinski definition) is 4. The van der Waals surface area contributed by atoms with Crippen LogP contribution in [0.2, 0.25) is 0 Å². The lowest BCUT2D eigenvalue weighted by molar-refractivity contribution is 0.173. The molecule has 0 saturated heterocycles. The molecule has 3 rings (SSSR count). The maximum absolute atomic E-state index is 10.3. The summed E-state index contributed by atoms with van der Waals surface area (Å²) in [5.41, 5.74) is 15.0. The molecule has 0 bridgehead atoms. The zero-order valence-electron chi connectivity index (χ0n) is 9.67. The molecule has 1 aliphatic rings. The van der Waals surface area contributed by atoms with E-state index in [0.29, 0.717) is 33.6 Å². The molecule has 4 nitrogen and oxygen atoms in total. The van der Waals surface area contributed by atoms with E-state index in [2.05, 4.69) is 0 Å². The summed E-state index contributed by atoms with van der Waals surface area (Å²) in [6.07, 6.45) is -1.55. The molecule has 0 spiro atoms. The van der Waals surface area contributed by atoms with Gasteiger partial charge in [0.1, 0.15) is 12.2 Å². The molecule has 4 heteroatoms. The predicted octanol–water partition coefficient (Wildman–Crippen LogP) is 1.33. The third kappa shape index (κ3) is 1.40. The fourth-order valence-electron chi connectivity index (χ4n) is 2.49. The SMILES string of the molecule is Nc1cc2c(cc1N)C(O)c1ccccc1C2O. The second-order valence-corrected chi connectivity index (χ2v) is 4.54. The second kappa shape index (κ2) is 3.73. The molecule has 0 fully saturated rings. The number of nitrogen functional groups attached to an aromatic ring is 2. The summed E-state index contributed by atoms with van der Waals surface area (Å²) in [4.78, 5) is 0. The van der Waals surface area contributed by atoms with Crippen molar-refractivity contribution in [1.82, 2.24) is 0 Å². The number of aliphatic hydroxyl groups is 2. The summed E-state index contributed by atoms with van der Waals surface area (Å²) in [5, 5.41) is 20.7. The number of nitrogens with two attached hydrogens (primary N) is 2. The standard InChI is InChI=1S/C14H14N2O2/c15-11-5-9-10(6-12(11)16)14(18)8-4-2-1-3-7(8)13(9)17/h1-6,13-14,17-18H,15-16H2. The van der Waals surface area contributed by atoms with Crippen LogP contribution in [0.5, 0.6) is 0 Å². The third-order valence-corrected chi connectivity index (χ3v) is 3.46. The first-order valence-electron chi connectivity index (χ1n) is 5.73. The Morgan fingerprint density at radius 2 is 1.11 bits per heavy atom. The summed E-state index contributed by atoms with van der Waals surface area (Å²) in [6.45, 7) is 0. The molecular weight excluding hydrogens is 228 g/mol. The van der Waals surface area contributed by atoms with Crippen LogP contribution in [0.4, 0.5) is 11.4 Å². The van der Waals surface area contributed by atoms with Gasteiger partial charge in [-0.3, -0.25) is 0 Å². The summed E-state index contributed by atoms with van der Waals surface area (Å²) < 4.78 is 0. The fraction of sp³-hybridized carbons (Fsp3) is 0.143. The molecule has 0 radical (unpaired) electrons. The fourth-order valence-corrected chi connectivity index (χ4v) is 2.49. The van der Waals surface area contributed by atoms with Crippen LogP contribution in [-0.4, -0.2) is 10.2 Å². The molecule has 0 aliphatic heterocycles. The van der Waals surface area contributed by atoms with Gasteiger partial charge < -0.3 is 21.7 Å². The van der Waals surface area contributed by atoms with Crippen LogP contribution in [0.15, 0.2) is 36.4 Å². The number of aliphatic hydroxyl groups excluding tert-OH is 2. The number of fused-ring (bicyclic) bond motifs is 2. The van der Waals surface area contributed by atoms with Crippen molar-refractivity contribution in [3.05, 3.63) is 58.7 Å². The highest BCUT2D eigenvalue weighted by Gasteiger charge is 2.30. The summed E-state index contributed by atoms with van der Waals surface area (Å²) in [5.74, 6) is 0. The number of benzene rings is 2. The van der Waals surface area contributed by atoms with Crippen LogP contribution >= 0.6 is 0 Å². The maximum atomic E-state index is 10.3. The molecule has 2 atom stereocenters. The zero-order valence-corrected chi connectivity index (χ0v) is 9.67. The minimum absolute atomic E-state index is 0.416. The van der Waals surface area contributed by atoms with E-state index in [0.717, 1.165) is 0 Å². The van der Waals surface area contributed by atoms with Crippen LogP contribution in [-0.2, 0) is 0 Å². The minimum Gasteiger partial charge on any atom is -0.397 e. The minimum atomic E-state index is -0.775. The molecule has 0 aromatic heterocycles. The molecule has 0 amide bonds. The number of rotatable bonds is 0. The highest BCUT2D eigenvalue weighted by Crippen LogP contribution is 2.42. The van der Waals surface area contributed by atoms with Crippen molar-refractivity contribution in [2.75, 3.05) is 11.5 Å². The Bertz CT molecular complexity index is 571. The van der Waals surface area contributed by atoms with Crippen molar-refractivity contribution >= 4 is 11.4 Å². The van der Waals surface area contributed by atoms with Crippen LogP contribution in [0.1, 0.15) is 34.5 Å². The first-order chi connectivity index (χ1) is 8.59. The van der Waals surface area contributed by atoms with E-state index < -0.39 is 12.2 Å². The van der Waals surface area contributed by atoms with Crippen LogP contribution in [0.25, 0.3) is 0 Å². The predicted molar refractivity (Wildman–Crippen MR) is 69.8 cm³/mol. The molecule has 0 heterocycles. The van der Waals surface area contributed by atoms with Gasteiger partial charge in [-0.25, -0.2) is 0 Å². The van der Waals surface area contributed by atoms with Gasteiger partial charge >= 0.3 is 0 Å². The summed E-state index contributed by atoms with van der Waals surface area (Å²) >= 11 is 0. The Hall–Kier alpha value is -2.04. The van der Waals surface area contributed by atoms with Crippen LogP contribution in [0, 0.1) is 0 Å². The van der Waals surface area contributed by atoms with Crippen LogP contribution in [0.3, 0.4) is 0 Å². The van der Waals surface area contributed by atoms with Gasteiger partial charge in [0.2, 0.25) is 0 Å². The van der Waals surface area contributed by atoms with Crippen molar-refractivity contribution in [3.63, 3.8) is 0 Å². The average molecular weight is 242 g/mol. The monoisotopic (exact) mass is 242 g/mol. The average Bonchev–Trinajstić information content (AvgIpc) is 2.38. The smallest absolute Gasteiger partial charge is 0.105 e. The van der Waals surface area contributed by atoms with Gasteiger partial charge in [0.05, 0.1) is 11.4 Å². The van der Waals surface area contributed by atoms with Gasteiger partial charge in [0, 0.05) is 0 Å². The quantitative estimate of drug-likeness (QED) is 0.524. The van der Waals surface area contributed by atoms with E-state index in [-0.39, 0.29) is 0 Å². The first kappa shape index (κ1) is 11.1. The van der Waals surface area contributed by atoms with E-state index in [1.807, 2.05) is 12.1 Å². The van der Waals surface area contributed by atoms with E-state index in [1.54, 1.807) is 24.3 Å². The summed E-state index contributed by atoms with van der Waals surface area (Å²) in [7, 11) is 0. The topological polar surface area (TPSA) is 92.5 Å². The normalized spacial score (nSPS) is 21.2. The van der Waals surface area contributed by atoms with Gasteiger partial charge in [0.15, 0.2) is 0 Å². The largest absolute Gasteiger partial charge is 0.397 e. The Labute approximate surface area is 104 Å². The molecule has 2 aromatic rings. The lowest BCUT2D eigenvalue weighted by Crippen LogP contribution is -2.18. The Balaban J connectivity index is 2.27. The lowest BCUT2D eigenvalue weighted by Gasteiger charge is -2.29. The van der Waals surface area contributed by atoms with Gasteiger partial charge in [-0.05, 0) is 34.4 Å². The second-order valence-electron chi connectivity index (χ2n) is 4.54. The van der Waals surface area contributed by atoms with E-state index >= 15 is 0 Å². The lowest BCUT2D eigenvalue weighted by atomic mass is 9.81. The molecule has 92 valence electrons. The Kier molecular flexibility index (Phi) is 2.29. The zero-order chi connectivity index (χ0) is 12.9. The van der Waals surface area contributed by atoms with Crippen molar-refractivity contribution in [2.45, 2.75) is 12.2 Å². The van der Waals surface area contributed by atoms with Crippen molar-refractivity contribution in [3.8, 4) is 0 Å². The van der Waals surface area contributed by atoms with E-state index in [1.165, 1.54) is 0 Å². The highest BCUT2D eigenvalue weighted by atomic mass is 16.3.